The van der Waals surface area contributed by atoms with E-state index in [0.717, 1.165) is 5.56 Å². The minimum Gasteiger partial charge on any atom is -0.497 e. The third-order valence-corrected chi connectivity index (χ3v) is 4.77. The van der Waals surface area contributed by atoms with Crippen molar-refractivity contribution in [1.29, 1.82) is 0 Å². The van der Waals surface area contributed by atoms with Gasteiger partial charge in [-0.2, -0.15) is 0 Å². The highest BCUT2D eigenvalue weighted by molar-refractivity contribution is 7.89. The Balaban J connectivity index is 2.11. The first-order valence-electron chi connectivity index (χ1n) is 6.86. The number of benzene rings is 2. The lowest BCUT2D eigenvalue weighted by Gasteiger charge is -2.16. The number of hydrogen-bond donors (Lipinski definition) is 2. The Morgan fingerprint density at radius 1 is 1.09 bits per heavy atom. The number of rotatable bonds is 7. The van der Waals surface area contributed by atoms with Crippen molar-refractivity contribution in [2.75, 3.05) is 13.7 Å². The van der Waals surface area contributed by atoms with Crippen LogP contribution < -0.4 is 9.46 Å². The van der Waals surface area contributed by atoms with Crippen molar-refractivity contribution in [3.05, 3.63) is 60.2 Å². The second-order valence-corrected chi connectivity index (χ2v) is 6.58. The summed E-state index contributed by atoms with van der Waals surface area (Å²) >= 11 is 0. The van der Waals surface area contributed by atoms with Gasteiger partial charge < -0.3 is 9.84 Å². The summed E-state index contributed by atoms with van der Waals surface area (Å²) in [5, 5.41) is 9.43. The molecule has 0 aromatic heterocycles. The Hall–Kier alpha value is -1.89. The van der Waals surface area contributed by atoms with Crippen molar-refractivity contribution in [3.8, 4) is 5.75 Å². The topological polar surface area (TPSA) is 75.6 Å². The highest BCUT2D eigenvalue weighted by atomic mass is 32.2. The second-order valence-electron chi connectivity index (χ2n) is 4.87. The van der Waals surface area contributed by atoms with E-state index < -0.39 is 16.1 Å². The van der Waals surface area contributed by atoms with Crippen LogP contribution in [0.25, 0.3) is 0 Å². The van der Waals surface area contributed by atoms with E-state index in [-0.39, 0.29) is 11.5 Å². The molecule has 0 aliphatic heterocycles. The van der Waals surface area contributed by atoms with Crippen LogP contribution >= 0.6 is 0 Å². The van der Waals surface area contributed by atoms with E-state index in [2.05, 4.69) is 4.72 Å². The summed E-state index contributed by atoms with van der Waals surface area (Å²) in [5.74, 6) is 0.585. The molecule has 2 rings (SSSR count). The van der Waals surface area contributed by atoms with Crippen molar-refractivity contribution in [1.82, 2.24) is 4.72 Å². The zero-order valence-electron chi connectivity index (χ0n) is 12.3. The molecule has 6 heteroatoms. The predicted molar refractivity (Wildman–Crippen MR) is 84.3 cm³/mol. The van der Waals surface area contributed by atoms with Gasteiger partial charge >= 0.3 is 0 Å². The number of aliphatic hydroxyl groups is 1. The van der Waals surface area contributed by atoms with Crippen LogP contribution in [0.4, 0.5) is 0 Å². The molecule has 0 spiro atoms. The number of aliphatic hydroxyl groups excluding tert-OH is 1. The number of sulfonamides is 1. The van der Waals surface area contributed by atoms with E-state index in [9.17, 15) is 13.5 Å². The van der Waals surface area contributed by atoms with Crippen LogP contribution in [0.1, 0.15) is 5.56 Å². The molecule has 5 nitrogen and oxygen atoms in total. The molecule has 0 unspecified atom stereocenters. The smallest absolute Gasteiger partial charge is 0.240 e. The Labute approximate surface area is 130 Å². The number of nitrogens with one attached hydrogen (secondary N) is 1. The van der Waals surface area contributed by atoms with E-state index in [1.165, 1.54) is 19.2 Å². The molecule has 2 aromatic rings. The molecule has 0 saturated heterocycles. The summed E-state index contributed by atoms with van der Waals surface area (Å²) < 4.78 is 32.2. The fraction of sp³-hybridized carbons (Fsp3) is 0.250. The monoisotopic (exact) mass is 321 g/mol. The average Bonchev–Trinajstić information content (AvgIpc) is 2.55. The number of methoxy groups -OCH3 is 1. The third-order valence-electron chi connectivity index (χ3n) is 3.24. The van der Waals surface area contributed by atoms with Gasteiger partial charge in [-0.3, -0.25) is 0 Å². The minimum atomic E-state index is -3.68. The van der Waals surface area contributed by atoms with Crippen LogP contribution in [-0.2, 0) is 16.4 Å². The van der Waals surface area contributed by atoms with Crippen molar-refractivity contribution in [2.45, 2.75) is 17.4 Å². The normalized spacial score (nSPS) is 12.8. The first kappa shape index (κ1) is 16.5. The molecule has 0 amide bonds. The van der Waals surface area contributed by atoms with E-state index in [4.69, 9.17) is 4.74 Å². The molecule has 118 valence electrons. The average molecular weight is 321 g/mol. The summed E-state index contributed by atoms with van der Waals surface area (Å²) in [5.41, 5.74) is 0.957. The lowest BCUT2D eigenvalue weighted by atomic mass is 10.1. The molecular formula is C16H19NO4S. The maximum absolute atomic E-state index is 12.3. The van der Waals surface area contributed by atoms with Crippen LogP contribution in [0.3, 0.4) is 0 Å². The van der Waals surface area contributed by atoms with Crippen LogP contribution in [0.2, 0.25) is 0 Å². The van der Waals surface area contributed by atoms with Gasteiger partial charge in [0.05, 0.1) is 18.6 Å². The van der Waals surface area contributed by atoms with Crippen molar-refractivity contribution < 1.29 is 18.3 Å². The molecule has 0 bridgehead atoms. The molecular weight excluding hydrogens is 302 g/mol. The van der Waals surface area contributed by atoms with Crippen LogP contribution in [0.5, 0.6) is 5.75 Å². The molecule has 2 N–H and O–H groups in total. The molecule has 2 aromatic carbocycles. The SMILES string of the molecule is COc1ccc(S(=O)(=O)N[C@H](CO)Cc2ccccc2)cc1. The molecule has 0 fully saturated rings. The summed E-state index contributed by atoms with van der Waals surface area (Å²) in [6.45, 7) is -0.274. The van der Waals surface area contributed by atoms with Gasteiger partial charge in [-0.1, -0.05) is 30.3 Å². The maximum Gasteiger partial charge on any atom is 0.240 e. The fourth-order valence-corrected chi connectivity index (χ4v) is 3.31. The fourth-order valence-electron chi connectivity index (χ4n) is 2.08. The Morgan fingerprint density at radius 3 is 2.27 bits per heavy atom. The van der Waals surface area contributed by atoms with E-state index in [1.807, 2.05) is 30.3 Å². The van der Waals surface area contributed by atoms with Gasteiger partial charge in [-0.05, 0) is 36.2 Å². The molecule has 0 saturated carbocycles. The van der Waals surface area contributed by atoms with Crippen molar-refractivity contribution in [3.63, 3.8) is 0 Å². The van der Waals surface area contributed by atoms with Gasteiger partial charge in [0, 0.05) is 6.04 Å². The Morgan fingerprint density at radius 2 is 1.73 bits per heavy atom. The lowest BCUT2D eigenvalue weighted by molar-refractivity contribution is 0.256. The van der Waals surface area contributed by atoms with E-state index >= 15 is 0 Å². The highest BCUT2D eigenvalue weighted by Crippen LogP contribution is 2.16. The van der Waals surface area contributed by atoms with E-state index in [1.54, 1.807) is 12.1 Å². The summed E-state index contributed by atoms with van der Waals surface area (Å²) in [6, 6.07) is 15.0. The van der Waals surface area contributed by atoms with Crippen LogP contribution in [0.15, 0.2) is 59.5 Å². The molecule has 0 heterocycles. The van der Waals surface area contributed by atoms with Gasteiger partial charge in [-0.15, -0.1) is 0 Å². The van der Waals surface area contributed by atoms with Gasteiger partial charge in [0.15, 0.2) is 0 Å². The zero-order chi connectivity index (χ0) is 16.0. The van der Waals surface area contributed by atoms with Gasteiger partial charge in [0.25, 0.3) is 0 Å². The van der Waals surface area contributed by atoms with Crippen LogP contribution in [0, 0.1) is 0 Å². The molecule has 0 aliphatic rings. The lowest BCUT2D eigenvalue weighted by Crippen LogP contribution is -2.39. The van der Waals surface area contributed by atoms with Crippen molar-refractivity contribution >= 4 is 10.0 Å². The first-order chi connectivity index (χ1) is 10.5. The quantitative estimate of drug-likeness (QED) is 0.812. The zero-order valence-corrected chi connectivity index (χ0v) is 13.1. The summed E-state index contributed by atoms with van der Waals surface area (Å²) in [6.07, 6.45) is 0.423. The third kappa shape index (κ3) is 4.30. The van der Waals surface area contributed by atoms with Crippen LogP contribution in [-0.4, -0.2) is 33.3 Å². The van der Waals surface area contributed by atoms with Gasteiger partial charge in [0.2, 0.25) is 10.0 Å². The molecule has 0 aliphatic carbocycles. The van der Waals surface area contributed by atoms with Crippen molar-refractivity contribution in [2.24, 2.45) is 0 Å². The largest absolute Gasteiger partial charge is 0.497 e. The highest BCUT2D eigenvalue weighted by Gasteiger charge is 2.20. The maximum atomic E-state index is 12.3. The molecule has 22 heavy (non-hydrogen) atoms. The Bertz CT molecular complexity index is 684. The summed E-state index contributed by atoms with van der Waals surface area (Å²) in [4.78, 5) is 0.139. The van der Waals surface area contributed by atoms with Gasteiger partial charge in [-0.25, -0.2) is 13.1 Å². The number of ether oxygens (including phenoxy) is 1. The number of hydrogen-bond acceptors (Lipinski definition) is 4. The molecule has 1 atom stereocenters. The standard InChI is InChI=1S/C16H19NO4S/c1-21-15-7-9-16(10-8-15)22(19,20)17-14(12-18)11-13-5-3-2-4-6-13/h2-10,14,17-18H,11-12H2,1H3/t14-/m0/s1. The first-order valence-corrected chi connectivity index (χ1v) is 8.34. The molecule has 0 radical (unpaired) electrons. The Kier molecular flexibility index (Phi) is 5.54. The summed E-state index contributed by atoms with van der Waals surface area (Å²) in [7, 11) is -2.16. The second kappa shape index (κ2) is 7.40. The van der Waals surface area contributed by atoms with E-state index in [0.29, 0.717) is 12.2 Å². The minimum absolute atomic E-state index is 0.139. The van der Waals surface area contributed by atoms with Gasteiger partial charge in [0.1, 0.15) is 5.75 Å². The predicted octanol–water partition coefficient (Wildman–Crippen LogP) is 1.58.